The van der Waals surface area contributed by atoms with Gasteiger partial charge in [-0.1, -0.05) is 25.3 Å². The molecule has 0 atom stereocenters. The van der Waals surface area contributed by atoms with E-state index in [4.69, 9.17) is 5.73 Å². The summed E-state index contributed by atoms with van der Waals surface area (Å²) < 4.78 is 27.5. The lowest BCUT2D eigenvalue weighted by molar-refractivity contribution is 0.0714. The zero-order valence-electron chi connectivity index (χ0n) is 15.8. The van der Waals surface area contributed by atoms with Crippen LogP contribution < -0.4 is 5.73 Å². The van der Waals surface area contributed by atoms with Gasteiger partial charge in [0.15, 0.2) is 0 Å². The minimum Gasteiger partial charge on any atom is -0.339 e. The van der Waals surface area contributed by atoms with Crippen molar-refractivity contribution in [1.29, 1.82) is 0 Å². The average molecular weight is 416 g/mol. The summed E-state index contributed by atoms with van der Waals surface area (Å²) in [4.78, 5) is 14.7. The molecule has 1 aliphatic carbocycles. The van der Waals surface area contributed by atoms with Gasteiger partial charge < -0.3 is 10.6 Å². The quantitative estimate of drug-likeness (QED) is 0.819. The first-order valence-corrected chi connectivity index (χ1v) is 11.0. The Morgan fingerprint density at radius 1 is 1.11 bits per heavy atom. The van der Waals surface area contributed by atoms with Crippen LogP contribution in [0.1, 0.15) is 55.3 Å². The molecular formula is C19H30ClN3O3S. The third-order valence-electron chi connectivity index (χ3n) is 5.67. The van der Waals surface area contributed by atoms with Gasteiger partial charge in [-0.3, -0.25) is 4.79 Å². The normalized spacial score (nSPS) is 19.7. The minimum atomic E-state index is -3.59. The average Bonchev–Trinajstić information content (AvgIpc) is 2.68. The second-order valence-corrected chi connectivity index (χ2v) is 9.47. The van der Waals surface area contributed by atoms with Gasteiger partial charge in [-0.2, -0.15) is 4.31 Å². The minimum absolute atomic E-state index is 0. The molecule has 8 heteroatoms. The van der Waals surface area contributed by atoms with Crippen molar-refractivity contribution < 1.29 is 13.2 Å². The number of nitrogens with zero attached hydrogens (tertiary/aromatic N) is 2. The second-order valence-electron chi connectivity index (χ2n) is 7.47. The van der Waals surface area contributed by atoms with Crippen molar-refractivity contribution in [3.05, 3.63) is 29.8 Å². The molecule has 27 heavy (non-hydrogen) atoms. The van der Waals surface area contributed by atoms with Gasteiger partial charge in [-0.15, -0.1) is 12.4 Å². The van der Waals surface area contributed by atoms with Crippen molar-refractivity contribution in [2.75, 3.05) is 20.1 Å². The molecule has 2 fully saturated rings. The molecule has 2 aliphatic rings. The molecule has 1 aromatic rings. The third-order valence-corrected chi connectivity index (χ3v) is 7.58. The van der Waals surface area contributed by atoms with Gasteiger partial charge in [0.1, 0.15) is 0 Å². The van der Waals surface area contributed by atoms with Crippen LogP contribution in [0.25, 0.3) is 0 Å². The lowest BCUT2D eigenvalue weighted by Crippen LogP contribution is -2.43. The summed E-state index contributed by atoms with van der Waals surface area (Å²) >= 11 is 0. The van der Waals surface area contributed by atoms with E-state index in [2.05, 4.69) is 0 Å². The number of nitrogens with two attached hydrogens (primary N) is 1. The van der Waals surface area contributed by atoms with Crippen molar-refractivity contribution in [1.82, 2.24) is 9.21 Å². The zero-order valence-corrected chi connectivity index (χ0v) is 17.5. The Kier molecular flexibility index (Phi) is 7.68. The highest BCUT2D eigenvalue weighted by Crippen LogP contribution is 2.27. The molecule has 1 saturated carbocycles. The van der Waals surface area contributed by atoms with E-state index in [0.717, 1.165) is 38.5 Å². The predicted molar refractivity (Wildman–Crippen MR) is 109 cm³/mol. The highest BCUT2D eigenvalue weighted by Gasteiger charge is 2.30. The van der Waals surface area contributed by atoms with Gasteiger partial charge in [0, 0.05) is 37.8 Å². The number of carbonyl (C=O) groups is 1. The Morgan fingerprint density at radius 3 is 2.37 bits per heavy atom. The smallest absolute Gasteiger partial charge is 0.253 e. The van der Waals surface area contributed by atoms with Crippen molar-refractivity contribution in [2.24, 2.45) is 5.73 Å². The van der Waals surface area contributed by atoms with Crippen LogP contribution in [0.3, 0.4) is 0 Å². The van der Waals surface area contributed by atoms with Gasteiger partial charge >= 0.3 is 0 Å². The van der Waals surface area contributed by atoms with Crippen LogP contribution >= 0.6 is 12.4 Å². The van der Waals surface area contributed by atoms with E-state index in [1.807, 2.05) is 0 Å². The molecule has 1 saturated heterocycles. The summed E-state index contributed by atoms with van der Waals surface area (Å²) in [5, 5.41) is 0. The molecule has 0 radical (unpaired) electrons. The molecule has 1 aliphatic heterocycles. The summed E-state index contributed by atoms with van der Waals surface area (Å²) in [5.41, 5.74) is 6.33. The van der Waals surface area contributed by atoms with Crippen LogP contribution in [-0.4, -0.2) is 55.8 Å². The van der Waals surface area contributed by atoms with Crippen molar-refractivity contribution >= 4 is 28.3 Å². The molecule has 6 nitrogen and oxygen atoms in total. The maximum absolute atomic E-state index is 13.0. The maximum atomic E-state index is 13.0. The predicted octanol–water partition coefficient (Wildman–Crippen LogP) is 2.62. The van der Waals surface area contributed by atoms with E-state index >= 15 is 0 Å². The number of likely N-dealkylation sites (tertiary alicyclic amines) is 1. The molecular weight excluding hydrogens is 386 g/mol. The lowest BCUT2D eigenvalue weighted by atomic mass is 9.96. The monoisotopic (exact) mass is 415 g/mol. The number of halogens is 1. The fraction of sp³-hybridized carbons (Fsp3) is 0.632. The van der Waals surface area contributed by atoms with Gasteiger partial charge in [-0.25, -0.2) is 8.42 Å². The number of rotatable bonds is 4. The molecule has 1 heterocycles. The molecule has 152 valence electrons. The highest BCUT2D eigenvalue weighted by atomic mass is 35.5. The standard InChI is InChI=1S/C19H29N3O3S.ClH/c1-21(17-7-3-2-4-8-17)26(24,25)18-9-5-6-15(14-18)19(23)22-12-10-16(20)11-13-22;/h5-6,9,14,16-17H,2-4,7-8,10-13,20H2,1H3;1H. The van der Waals surface area contributed by atoms with Crippen molar-refractivity contribution in [3.63, 3.8) is 0 Å². The Labute approximate surface area is 168 Å². The zero-order chi connectivity index (χ0) is 18.7. The van der Waals surface area contributed by atoms with Crippen LogP contribution in [0.4, 0.5) is 0 Å². The van der Waals surface area contributed by atoms with E-state index < -0.39 is 10.0 Å². The summed E-state index contributed by atoms with van der Waals surface area (Å²) in [6.45, 7) is 1.25. The van der Waals surface area contributed by atoms with Gasteiger partial charge in [0.05, 0.1) is 4.90 Å². The van der Waals surface area contributed by atoms with Crippen LogP contribution in [0.15, 0.2) is 29.2 Å². The fourth-order valence-electron chi connectivity index (χ4n) is 3.88. The van der Waals surface area contributed by atoms with E-state index in [9.17, 15) is 13.2 Å². The molecule has 2 N–H and O–H groups in total. The third kappa shape index (κ3) is 5.02. The molecule has 1 amide bonds. The highest BCUT2D eigenvalue weighted by molar-refractivity contribution is 7.89. The van der Waals surface area contributed by atoms with E-state index in [0.29, 0.717) is 18.7 Å². The first-order valence-electron chi connectivity index (χ1n) is 9.52. The van der Waals surface area contributed by atoms with Gasteiger partial charge in [0.25, 0.3) is 5.91 Å². The van der Waals surface area contributed by atoms with E-state index in [1.54, 1.807) is 30.1 Å². The molecule has 1 aromatic carbocycles. The van der Waals surface area contributed by atoms with E-state index in [-0.39, 0.29) is 35.3 Å². The number of carbonyl (C=O) groups excluding carboxylic acids is 1. The van der Waals surface area contributed by atoms with Crippen LogP contribution in [0.2, 0.25) is 0 Å². The molecule has 0 bridgehead atoms. The SMILES string of the molecule is CN(C1CCCCC1)S(=O)(=O)c1cccc(C(=O)N2CCC(N)CC2)c1.Cl. The van der Waals surface area contributed by atoms with Crippen molar-refractivity contribution in [3.8, 4) is 0 Å². The summed E-state index contributed by atoms with van der Waals surface area (Å²) in [6, 6.07) is 6.65. The topological polar surface area (TPSA) is 83.7 Å². The van der Waals surface area contributed by atoms with Crippen LogP contribution in [0.5, 0.6) is 0 Å². The van der Waals surface area contributed by atoms with Crippen LogP contribution in [0, 0.1) is 0 Å². The van der Waals surface area contributed by atoms with Crippen molar-refractivity contribution in [2.45, 2.75) is 61.9 Å². The van der Waals surface area contributed by atoms with Crippen LogP contribution in [-0.2, 0) is 10.0 Å². The largest absolute Gasteiger partial charge is 0.339 e. The number of benzene rings is 1. The number of piperidine rings is 1. The Hall–Kier alpha value is -1.15. The Balaban J connectivity index is 0.00000261. The lowest BCUT2D eigenvalue weighted by Gasteiger charge is -2.31. The van der Waals surface area contributed by atoms with Gasteiger partial charge in [0.2, 0.25) is 10.0 Å². The number of sulfonamides is 1. The summed E-state index contributed by atoms with van der Waals surface area (Å²) in [6.07, 6.45) is 6.70. The second kappa shape index (κ2) is 9.37. The summed E-state index contributed by atoms with van der Waals surface area (Å²) in [7, 11) is -1.93. The molecule has 0 spiro atoms. The molecule has 0 unspecified atom stereocenters. The number of hydrogen-bond donors (Lipinski definition) is 1. The molecule has 3 rings (SSSR count). The van der Waals surface area contributed by atoms with Gasteiger partial charge in [-0.05, 0) is 43.9 Å². The molecule has 0 aromatic heterocycles. The number of amides is 1. The number of hydrogen-bond acceptors (Lipinski definition) is 4. The Bertz CT molecular complexity index is 742. The maximum Gasteiger partial charge on any atom is 0.253 e. The Morgan fingerprint density at radius 2 is 1.74 bits per heavy atom. The fourth-order valence-corrected chi connectivity index (χ4v) is 5.34. The summed E-state index contributed by atoms with van der Waals surface area (Å²) in [5.74, 6) is -0.116. The first-order chi connectivity index (χ1) is 12.4. The van der Waals surface area contributed by atoms with E-state index in [1.165, 1.54) is 16.8 Å². The first kappa shape index (κ1) is 22.1.